The molecular formula is C13H11Cl2N5O. The van der Waals surface area contributed by atoms with Gasteiger partial charge in [-0.3, -0.25) is 0 Å². The average Bonchev–Trinajstić information content (AvgIpc) is 2.93. The molecule has 3 N–H and O–H groups in total. The van der Waals surface area contributed by atoms with Gasteiger partial charge in [0.1, 0.15) is 11.8 Å². The summed E-state index contributed by atoms with van der Waals surface area (Å²) in [5.74, 6) is 0.555. The Labute approximate surface area is 130 Å². The molecule has 0 amide bonds. The zero-order valence-corrected chi connectivity index (χ0v) is 12.2. The van der Waals surface area contributed by atoms with Crippen LogP contribution in [0.15, 0.2) is 30.9 Å². The Morgan fingerprint density at radius 1 is 1.19 bits per heavy atom. The van der Waals surface area contributed by atoms with Crippen molar-refractivity contribution < 1.29 is 5.11 Å². The first-order valence-corrected chi connectivity index (χ1v) is 6.92. The second-order valence-corrected chi connectivity index (χ2v) is 5.17. The molecule has 0 radical (unpaired) electrons. The summed E-state index contributed by atoms with van der Waals surface area (Å²) < 4.78 is 0. The van der Waals surface area contributed by atoms with Gasteiger partial charge in [-0.05, 0) is 12.1 Å². The van der Waals surface area contributed by atoms with Gasteiger partial charge in [-0.2, -0.15) is 0 Å². The molecule has 3 aromatic rings. The van der Waals surface area contributed by atoms with E-state index in [0.717, 1.165) is 0 Å². The third kappa shape index (κ3) is 2.78. The molecule has 0 bridgehead atoms. The normalized spacial score (nSPS) is 12.5. The fourth-order valence-electron chi connectivity index (χ4n) is 2.02. The molecule has 0 aliphatic rings. The first kappa shape index (κ1) is 14.1. The van der Waals surface area contributed by atoms with Gasteiger partial charge < -0.3 is 15.4 Å². The summed E-state index contributed by atoms with van der Waals surface area (Å²) in [7, 11) is 0. The highest BCUT2D eigenvalue weighted by atomic mass is 35.5. The molecule has 21 heavy (non-hydrogen) atoms. The molecule has 0 saturated carbocycles. The number of benzene rings is 1. The van der Waals surface area contributed by atoms with E-state index in [1.165, 1.54) is 12.7 Å². The molecular weight excluding hydrogens is 313 g/mol. The highest BCUT2D eigenvalue weighted by Crippen LogP contribution is 2.30. The summed E-state index contributed by atoms with van der Waals surface area (Å²) >= 11 is 12.1. The van der Waals surface area contributed by atoms with Crippen LogP contribution >= 0.6 is 23.2 Å². The summed E-state index contributed by atoms with van der Waals surface area (Å²) in [6, 6.07) is 5.10. The number of aromatic amines is 1. The van der Waals surface area contributed by atoms with Gasteiger partial charge in [-0.25, -0.2) is 15.0 Å². The molecule has 0 aliphatic carbocycles. The van der Waals surface area contributed by atoms with Crippen molar-refractivity contribution in [2.75, 3.05) is 11.9 Å². The number of rotatable bonds is 4. The maximum atomic E-state index is 10.3. The van der Waals surface area contributed by atoms with E-state index in [9.17, 15) is 5.11 Å². The van der Waals surface area contributed by atoms with Crippen LogP contribution in [0.4, 0.5) is 5.82 Å². The van der Waals surface area contributed by atoms with Crippen molar-refractivity contribution in [2.45, 2.75) is 6.10 Å². The lowest BCUT2D eigenvalue weighted by Crippen LogP contribution is -2.14. The molecule has 8 heteroatoms. The van der Waals surface area contributed by atoms with Crippen LogP contribution in [0.2, 0.25) is 10.0 Å². The number of fused-ring (bicyclic) bond motifs is 1. The predicted molar refractivity (Wildman–Crippen MR) is 81.6 cm³/mol. The fourth-order valence-corrected chi connectivity index (χ4v) is 2.67. The molecule has 1 atom stereocenters. The Morgan fingerprint density at radius 3 is 2.71 bits per heavy atom. The number of halogens is 2. The van der Waals surface area contributed by atoms with E-state index >= 15 is 0 Å². The minimum absolute atomic E-state index is 0.203. The lowest BCUT2D eigenvalue weighted by atomic mass is 10.1. The number of anilines is 1. The van der Waals surface area contributed by atoms with Crippen molar-refractivity contribution in [1.82, 2.24) is 19.9 Å². The Balaban J connectivity index is 1.80. The molecule has 0 aliphatic heterocycles. The number of nitrogens with one attached hydrogen (secondary N) is 2. The van der Waals surface area contributed by atoms with Gasteiger partial charge in [-0.15, -0.1) is 0 Å². The van der Waals surface area contributed by atoms with Gasteiger partial charge in [0.25, 0.3) is 0 Å². The highest BCUT2D eigenvalue weighted by molar-refractivity contribution is 6.36. The van der Waals surface area contributed by atoms with Crippen LogP contribution in [0.5, 0.6) is 0 Å². The summed E-state index contributed by atoms with van der Waals surface area (Å²) in [5.41, 5.74) is 1.72. The van der Waals surface area contributed by atoms with Gasteiger partial charge in [0.2, 0.25) is 0 Å². The lowest BCUT2D eigenvalue weighted by molar-refractivity contribution is 0.192. The second-order valence-electron chi connectivity index (χ2n) is 4.36. The maximum Gasteiger partial charge on any atom is 0.182 e. The highest BCUT2D eigenvalue weighted by Gasteiger charge is 2.16. The van der Waals surface area contributed by atoms with E-state index in [0.29, 0.717) is 32.6 Å². The van der Waals surface area contributed by atoms with Gasteiger partial charge in [0, 0.05) is 22.2 Å². The third-order valence-electron chi connectivity index (χ3n) is 3.02. The minimum atomic E-state index is -0.862. The fraction of sp³-hybridized carbons (Fsp3) is 0.154. The number of H-pyrrole nitrogens is 1. The van der Waals surface area contributed by atoms with Gasteiger partial charge >= 0.3 is 0 Å². The summed E-state index contributed by atoms with van der Waals surface area (Å²) in [4.78, 5) is 15.1. The van der Waals surface area contributed by atoms with Crippen LogP contribution in [0.3, 0.4) is 0 Å². The first-order valence-electron chi connectivity index (χ1n) is 6.16. The summed E-state index contributed by atoms with van der Waals surface area (Å²) in [6.45, 7) is 0.203. The quantitative estimate of drug-likeness (QED) is 0.687. The second kappa shape index (κ2) is 5.85. The van der Waals surface area contributed by atoms with Crippen molar-refractivity contribution >= 4 is 40.2 Å². The van der Waals surface area contributed by atoms with Crippen molar-refractivity contribution in [3.63, 3.8) is 0 Å². The van der Waals surface area contributed by atoms with E-state index in [-0.39, 0.29) is 6.54 Å². The number of aromatic nitrogens is 4. The molecule has 0 spiro atoms. The van der Waals surface area contributed by atoms with E-state index in [2.05, 4.69) is 25.3 Å². The third-order valence-corrected chi connectivity index (χ3v) is 3.68. The number of imidazole rings is 1. The number of aliphatic hydroxyl groups excluding tert-OH is 1. The molecule has 1 aromatic carbocycles. The van der Waals surface area contributed by atoms with E-state index < -0.39 is 6.10 Å². The summed E-state index contributed by atoms with van der Waals surface area (Å²) in [6.07, 6.45) is 2.07. The maximum absolute atomic E-state index is 10.3. The molecule has 3 rings (SSSR count). The SMILES string of the molecule is OC(CNc1ncnc2nc[nH]c12)c1c(Cl)cccc1Cl. The zero-order chi connectivity index (χ0) is 14.8. The Kier molecular flexibility index (Phi) is 3.92. The Bertz CT molecular complexity index is 756. The molecule has 1 unspecified atom stereocenters. The van der Waals surface area contributed by atoms with Crippen molar-refractivity contribution in [2.24, 2.45) is 0 Å². The smallest absolute Gasteiger partial charge is 0.182 e. The van der Waals surface area contributed by atoms with Crippen molar-refractivity contribution in [3.05, 3.63) is 46.5 Å². The number of hydrogen-bond acceptors (Lipinski definition) is 5. The van der Waals surface area contributed by atoms with E-state index in [1.54, 1.807) is 18.2 Å². The van der Waals surface area contributed by atoms with Gasteiger partial charge in [0.15, 0.2) is 11.5 Å². The molecule has 0 fully saturated rings. The van der Waals surface area contributed by atoms with Crippen LogP contribution in [-0.2, 0) is 0 Å². The average molecular weight is 324 g/mol. The van der Waals surface area contributed by atoms with Crippen LogP contribution in [0.25, 0.3) is 11.2 Å². The molecule has 108 valence electrons. The van der Waals surface area contributed by atoms with Crippen LogP contribution in [-0.4, -0.2) is 31.6 Å². The van der Waals surface area contributed by atoms with Gasteiger partial charge in [0.05, 0.1) is 12.4 Å². The van der Waals surface area contributed by atoms with Crippen molar-refractivity contribution in [3.8, 4) is 0 Å². The zero-order valence-electron chi connectivity index (χ0n) is 10.7. The Morgan fingerprint density at radius 2 is 1.95 bits per heavy atom. The molecule has 2 heterocycles. The van der Waals surface area contributed by atoms with Gasteiger partial charge in [-0.1, -0.05) is 29.3 Å². The van der Waals surface area contributed by atoms with E-state index in [4.69, 9.17) is 23.2 Å². The Hall–Kier alpha value is -1.89. The number of hydrogen-bond donors (Lipinski definition) is 3. The number of aliphatic hydroxyl groups is 1. The van der Waals surface area contributed by atoms with Crippen LogP contribution in [0, 0.1) is 0 Å². The minimum Gasteiger partial charge on any atom is -0.386 e. The lowest BCUT2D eigenvalue weighted by Gasteiger charge is -2.15. The molecule has 0 saturated heterocycles. The molecule has 2 aromatic heterocycles. The monoisotopic (exact) mass is 323 g/mol. The topological polar surface area (TPSA) is 86.7 Å². The predicted octanol–water partition coefficient (Wildman–Crippen LogP) is 2.81. The summed E-state index contributed by atoms with van der Waals surface area (Å²) in [5, 5.41) is 14.1. The van der Waals surface area contributed by atoms with Crippen LogP contribution < -0.4 is 5.32 Å². The van der Waals surface area contributed by atoms with Crippen molar-refractivity contribution in [1.29, 1.82) is 0 Å². The number of nitrogens with zero attached hydrogens (tertiary/aromatic N) is 3. The van der Waals surface area contributed by atoms with E-state index in [1.807, 2.05) is 0 Å². The first-order chi connectivity index (χ1) is 10.2. The van der Waals surface area contributed by atoms with Crippen LogP contribution in [0.1, 0.15) is 11.7 Å². The standard InChI is InChI=1S/C13H11Cl2N5O/c14-7-2-1-3-8(15)10(7)9(21)4-16-12-11-13(18-5-17-11)20-6-19-12/h1-3,5-6,9,21H,4H2,(H2,16,17,18,19,20). The molecule has 6 nitrogen and oxygen atoms in total. The largest absolute Gasteiger partial charge is 0.386 e.